The van der Waals surface area contributed by atoms with Crippen LogP contribution in [0.1, 0.15) is 37.4 Å². The molecule has 5 heteroatoms. The van der Waals surface area contributed by atoms with Crippen molar-refractivity contribution >= 4 is 23.0 Å². The van der Waals surface area contributed by atoms with Crippen LogP contribution in [0.25, 0.3) is 0 Å². The molecule has 1 aliphatic heterocycles. The van der Waals surface area contributed by atoms with Crippen LogP contribution >= 0.6 is 12.2 Å². The van der Waals surface area contributed by atoms with E-state index in [2.05, 4.69) is 24.0 Å². The molecule has 26 heavy (non-hydrogen) atoms. The summed E-state index contributed by atoms with van der Waals surface area (Å²) in [5, 5.41) is 0. The van der Waals surface area contributed by atoms with Crippen molar-refractivity contribution in [1.82, 2.24) is 4.98 Å². The van der Waals surface area contributed by atoms with Crippen molar-refractivity contribution in [2.45, 2.75) is 45.1 Å². The highest BCUT2D eigenvalue weighted by molar-refractivity contribution is 7.80. The van der Waals surface area contributed by atoms with Crippen LogP contribution in [-0.4, -0.2) is 29.2 Å². The monoisotopic (exact) mass is 368 g/mol. The van der Waals surface area contributed by atoms with Gasteiger partial charge in [0.15, 0.2) is 17.6 Å². The Morgan fingerprint density at radius 3 is 2.81 bits per heavy atom. The highest BCUT2D eigenvalue weighted by atomic mass is 32.1. The number of fused-ring (bicyclic) bond motifs is 2. The molecule has 2 heterocycles. The molecular weight excluding hydrogens is 344 g/mol. The van der Waals surface area contributed by atoms with E-state index in [0.717, 1.165) is 48.1 Å². The van der Waals surface area contributed by atoms with Gasteiger partial charge >= 0.3 is 0 Å². The van der Waals surface area contributed by atoms with Crippen LogP contribution in [0.15, 0.2) is 36.4 Å². The molecule has 1 aromatic heterocycles. The van der Waals surface area contributed by atoms with Crippen LogP contribution in [0.4, 0.5) is 5.82 Å². The van der Waals surface area contributed by atoms with Gasteiger partial charge in [0, 0.05) is 12.2 Å². The maximum atomic E-state index is 6.12. The minimum Gasteiger partial charge on any atom is -0.485 e. The van der Waals surface area contributed by atoms with E-state index in [4.69, 9.17) is 26.7 Å². The molecular formula is C21H24N2O2S. The number of hydrogen-bond acceptors (Lipinski definition) is 4. The molecule has 4 nitrogen and oxygen atoms in total. The fourth-order valence-electron chi connectivity index (χ4n) is 3.60. The molecule has 1 aromatic carbocycles. The second-order valence-electron chi connectivity index (χ2n) is 6.84. The molecule has 1 aliphatic carbocycles. The van der Waals surface area contributed by atoms with Crippen LogP contribution in [0.2, 0.25) is 0 Å². The van der Waals surface area contributed by atoms with Gasteiger partial charge in [-0.25, -0.2) is 4.98 Å². The van der Waals surface area contributed by atoms with Gasteiger partial charge in [0.2, 0.25) is 0 Å². The first-order valence-corrected chi connectivity index (χ1v) is 9.85. The van der Waals surface area contributed by atoms with Gasteiger partial charge in [0.25, 0.3) is 0 Å². The Balaban J connectivity index is 1.57. The summed E-state index contributed by atoms with van der Waals surface area (Å²) in [6, 6.07) is 12.1. The molecule has 0 N–H and O–H groups in total. The first kappa shape index (κ1) is 17.3. The van der Waals surface area contributed by atoms with Crippen molar-refractivity contribution in [3.05, 3.63) is 47.7 Å². The van der Waals surface area contributed by atoms with E-state index < -0.39 is 0 Å². The van der Waals surface area contributed by atoms with E-state index in [1.807, 2.05) is 24.3 Å². The third kappa shape index (κ3) is 3.40. The third-order valence-corrected chi connectivity index (χ3v) is 5.42. The van der Waals surface area contributed by atoms with Crippen LogP contribution in [-0.2, 0) is 12.8 Å². The smallest absolute Gasteiger partial charge is 0.183 e. The molecule has 136 valence electrons. The van der Waals surface area contributed by atoms with Crippen LogP contribution in [0.3, 0.4) is 0 Å². The van der Waals surface area contributed by atoms with Gasteiger partial charge in [0.05, 0.1) is 0 Å². The summed E-state index contributed by atoms with van der Waals surface area (Å²) >= 11 is 5.81. The number of rotatable bonds is 4. The molecule has 4 rings (SSSR count). The van der Waals surface area contributed by atoms with Gasteiger partial charge in [-0.15, -0.1) is 0 Å². The molecule has 0 spiro atoms. The lowest BCUT2D eigenvalue weighted by Gasteiger charge is -2.33. The van der Waals surface area contributed by atoms with E-state index in [9.17, 15) is 0 Å². The van der Waals surface area contributed by atoms with Gasteiger partial charge in [-0.1, -0.05) is 37.3 Å². The largest absolute Gasteiger partial charge is 0.485 e. The zero-order chi connectivity index (χ0) is 17.9. The van der Waals surface area contributed by atoms with E-state index in [1.54, 1.807) is 0 Å². The summed E-state index contributed by atoms with van der Waals surface area (Å²) in [7, 11) is 0. The van der Waals surface area contributed by atoms with Crippen molar-refractivity contribution in [2.75, 3.05) is 18.1 Å². The van der Waals surface area contributed by atoms with Crippen molar-refractivity contribution in [2.24, 2.45) is 0 Å². The van der Waals surface area contributed by atoms with Gasteiger partial charge in [-0.05, 0) is 55.9 Å². The van der Waals surface area contributed by atoms with Gasteiger partial charge in [-0.3, -0.25) is 0 Å². The van der Waals surface area contributed by atoms with Crippen LogP contribution in [0.5, 0.6) is 11.5 Å². The molecule has 1 unspecified atom stereocenters. The topological polar surface area (TPSA) is 34.6 Å². The Kier molecular flexibility index (Phi) is 5.07. The molecule has 0 bridgehead atoms. The average Bonchev–Trinajstić information content (AvgIpc) is 2.71. The zero-order valence-corrected chi connectivity index (χ0v) is 15.9. The van der Waals surface area contributed by atoms with Crippen molar-refractivity contribution in [3.8, 4) is 11.5 Å². The summed E-state index contributed by atoms with van der Waals surface area (Å²) in [5.41, 5.74) is 2.61. The van der Waals surface area contributed by atoms with E-state index in [0.29, 0.717) is 6.61 Å². The minimum absolute atomic E-state index is 0.274. The molecule has 0 radical (unpaired) electrons. The molecule has 0 saturated carbocycles. The lowest BCUT2D eigenvalue weighted by atomic mass is 9.96. The maximum Gasteiger partial charge on any atom is 0.183 e. The lowest BCUT2D eigenvalue weighted by Crippen LogP contribution is -2.46. The van der Waals surface area contributed by atoms with Crippen molar-refractivity contribution < 1.29 is 9.47 Å². The molecule has 2 aliphatic rings. The standard InChI is InChI=1S/C21H24N2O2S/c1-2-13-23(20-12-11-15-7-3-4-8-16(15)22-20)21(26)19-14-24-17-9-5-6-10-18(17)25-19/h5-6,9-12,19H,2-4,7-8,13-14H2,1H3. The number of nitrogens with zero attached hydrogens (tertiary/aromatic N) is 2. The van der Waals surface area contributed by atoms with Gasteiger partial charge < -0.3 is 14.4 Å². The average molecular weight is 369 g/mol. The van der Waals surface area contributed by atoms with Crippen molar-refractivity contribution in [1.29, 1.82) is 0 Å². The second kappa shape index (κ2) is 7.62. The molecule has 2 aromatic rings. The summed E-state index contributed by atoms with van der Waals surface area (Å²) in [6.45, 7) is 3.41. The Morgan fingerprint density at radius 2 is 1.96 bits per heavy atom. The van der Waals surface area contributed by atoms with Crippen LogP contribution < -0.4 is 14.4 Å². The molecule has 0 saturated heterocycles. The second-order valence-corrected chi connectivity index (χ2v) is 7.25. The number of pyridine rings is 1. The number of thiocarbonyl (C=S) groups is 1. The van der Waals surface area contributed by atoms with Crippen molar-refractivity contribution in [3.63, 3.8) is 0 Å². The number of aryl methyl sites for hydroxylation is 2. The SMILES string of the molecule is CCCN(C(=S)C1COc2ccccc2O1)c1ccc2c(n1)CCCC2. The normalized spacial score (nSPS) is 18.1. The third-order valence-electron chi connectivity index (χ3n) is 4.94. The highest BCUT2D eigenvalue weighted by Gasteiger charge is 2.29. The Morgan fingerprint density at radius 1 is 1.15 bits per heavy atom. The van der Waals surface area contributed by atoms with Crippen LogP contribution in [0, 0.1) is 0 Å². The number of hydrogen-bond donors (Lipinski definition) is 0. The first-order chi connectivity index (χ1) is 12.8. The van der Waals surface area contributed by atoms with E-state index in [-0.39, 0.29) is 6.10 Å². The van der Waals surface area contributed by atoms with E-state index in [1.165, 1.54) is 24.1 Å². The molecule has 0 fully saturated rings. The Bertz CT molecular complexity index is 808. The Labute approximate surface area is 160 Å². The summed E-state index contributed by atoms with van der Waals surface area (Å²) in [4.78, 5) is 7.79. The lowest BCUT2D eigenvalue weighted by molar-refractivity contribution is 0.135. The number of benzene rings is 1. The minimum atomic E-state index is -0.274. The molecule has 0 amide bonds. The quantitative estimate of drug-likeness (QED) is 0.750. The predicted molar refractivity (Wildman–Crippen MR) is 107 cm³/mol. The fraction of sp³-hybridized carbons (Fsp3) is 0.429. The fourth-order valence-corrected chi connectivity index (χ4v) is 3.90. The number of aromatic nitrogens is 1. The molecule has 1 atom stereocenters. The Hall–Kier alpha value is -2.14. The number of para-hydroxylation sites is 2. The summed E-state index contributed by atoms with van der Waals surface area (Å²) in [5.74, 6) is 2.46. The maximum absolute atomic E-state index is 6.12. The highest BCUT2D eigenvalue weighted by Crippen LogP contribution is 2.32. The predicted octanol–water partition coefficient (Wildman–Crippen LogP) is 4.34. The van der Waals surface area contributed by atoms with E-state index >= 15 is 0 Å². The summed E-state index contributed by atoms with van der Waals surface area (Å²) < 4.78 is 12.0. The first-order valence-electron chi connectivity index (χ1n) is 9.45. The van der Waals surface area contributed by atoms with Gasteiger partial charge in [-0.2, -0.15) is 0 Å². The van der Waals surface area contributed by atoms with Gasteiger partial charge in [0.1, 0.15) is 17.4 Å². The number of ether oxygens (including phenoxy) is 2. The zero-order valence-electron chi connectivity index (χ0n) is 15.1. The number of anilines is 1. The summed E-state index contributed by atoms with van der Waals surface area (Å²) in [6.07, 6.45) is 5.40.